The summed E-state index contributed by atoms with van der Waals surface area (Å²) in [6.45, 7) is 2.20. The van der Waals surface area contributed by atoms with Crippen molar-refractivity contribution >= 4 is 5.91 Å². The number of aryl methyl sites for hydroxylation is 1. The summed E-state index contributed by atoms with van der Waals surface area (Å²) in [6.07, 6.45) is 6.05. The quantitative estimate of drug-likeness (QED) is 0.805. The molecule has 0 spiro atoms. The summed E-state index contributed by atoms with van der Waals surface area (Å²) in [4.78, 5) is 12.2. The fourth-order valence-electron chi connectivity index (χ4n) is 3.20. The molecule has 2 aromatic rings. The maximum Gasteiger partial charge on any atom is 0.220 e. The molecule has 116 valence electrons. The predicted octanol–water partition coefficient (Wildman–Crippen LogP) is 2.57. The fourth-order valence-corrected chi connectivity index (χ4v) is 3.20. The van der Waals surface area contributed by atoms with Crippen LogP contribution in [-0.4, -0.2) is 21.3 Å². The molecule has 1 amide bonds. The number of H-pyrrole nitrogens is 1. The zero-order valence-corrected chi connectivity index (χ0v) is 12.9. The van der Waals surface area contributed by atoms with Crippen LogP contribution in [0.4, 0.5) is 0 Å². The highest BCUT2D eigenvalue weighted by atomic mass is 16.1. The van der Waals surface area contributed by atoms with E-state index in [1.54, 1.807) is 6.20 Å². The Kier molecular flexibility index (Phi) is 4.51. The van der Waals surface area contributed by atoms with E-state index in [0.29, 0.717) is 12.3 Å². The van der Waals surface area contributed by atoms with E-state index < -0.39 is 0 Å². The molecule has 1 aliphatic carbocycles. The standard InChI is InChI=1S/C17H22N4O/c1-12-10-13-6-2-4-8-15(13)17(12)19-16(22)9-5-3-7-14-11-18-21-20-14/h2,4,6,8,11-12,17H,3,5,7,9-10H2,1H3,(H,19,22)(H,18,20,21)/t12-,17+/m0/s1. The first kappa shape index (κ1) is 14.8. The van der Waals surface area contributed by atoms with Gasteiger partial charge in [-0.25, -0.2) is 0 Å². The number of unbranched alkanes of at least 4 members (excludes halogenated alkanes) is 1. The lowest BCUT2D eigenvalue weighted by Crippen LogP contribution is -2.30. The Morgan fingerprint density at radius 1 is 1.36 bits per heavy atom. The van der Waals surface area contributed by atoms with Gasteiger partial charge in [-0.2, -0.15) is 15.4 Å². The van der Waals surface area contributed by atoms with E-state index in [2.05, 4.69) is 45.9 Å². The van der Waals surface area contributed by atoms with Gasteiger partial charge in [-0.15, -0.1) is 0 Å². The molecule has 3 rings (SSSR count). The Balaban J connectivity index is 1.46. The zero-order chi connectivity index (χ0) is 15.4. The Morgan fingerprint density at radius 2 is 2.23 bits per heavy atom. The van der Waals surface area contributed by atoms with Gasteiger partial charge >= 0.3 is 0 Å². The molecule has 0 bridgehead atoms. The minimum absolute atomic E-state index is 0.147. The summed E-state index contributed by atoms with van der Waals surface area (Å²) >= 11 is 0. The average molecular weight is 298 g/mol. The van der Waals surface area contributed by atoms with Gasteiger partial charge in [0.15, 0.2) is 0 Å². The second-order valence-corrected chi connectivity index (χ2v) is 6.09. The van der Waals surface area contributed by atoms with E-state index in [1.165, 1.54) is 11.1 Å². The number of nitrogens with zero attached hydrogens (tertiary/aromatic N) is 2. The molecule has 2 N–H and O–H groups in total. The number of hydrogen-bond acceptors (Lipinski definition) is 3. The fraction of sp³-hybridized carbons (Fsp3) is 0.471. The third-order valence-electron chi connectivity index (χ3n) is 4.37. The molecule has 0 fully saturated rings. The lowest BCUT2D eigenvalue weighted by atomic mass is 10.0. The summed E-state index contributed by atoms with van der Waals surface area (Å²) in [7, 11) is 0. The Bertz CT molecular complexity index is 623. The summed E-state index contributed by atoms with van der Waals surface area (Å²) in [6, 6.07) is 8.58. The minimum Gasteiger partial charge on any atom is -0.349 e. The van der Waals surface area contributed by atoms with Gasteiger partial charge in [0.05, 0.1) is 17.9 Å². The second kappa shape index (κ2) is 6.73. The third-order valence-corrected chi connectivity index (χ3v) is 4.37. The van der Waals surface area contributed by atoms with Crippen molar-refractivity contribution in [1.29, 1.82) is 0 Å². The van der Waals surface area contributed by atoms with E-state index in [0.717, 1.165) is 31.4 Å². The van der Waals surface area contributed by atoms with Gasteiger partial charge < -0.3 is 5.32 Å². The molecule has 1 heterocycles. The van der Waals surface area contributed by atoms with E-state index in [1.807, 2.05) is 6.07 Å². The first-order valence-corrected chi connectivity index (χ1v) is 7.96. The third kappa shape index (κ3) is 3.35. The van der Waals surface area contributed by atoms with Crippen molar-refractivity contribution in [2.45, 2.75) is 45.1 Å². The molecule has 0 aliphatic heterocycles. The summed E-state index contributed by atoms with van der Waals surface area (Å²) in [5, 5.41) is 13.6. The van der Waals surface area contributed by atoms with Gasteiger partial charge in [0, 0.05) is 6.42 Å². The summed E-state index contributed by atoms with van der Waals surface area (Å²) in [5.74, 6) is 0.616. The van der Waals surface area contributed by atoms with Gasteiger partial charge in [0.1, 0.15) is 0 Å². The molecular formula is C17H22N4O. The van der Waals surface area contributed by atoms with Crippen LogP contribution in [-0.2, 0) is 17.6 Å². The Labute approximate surface area is 130 Å². The number of carbonyl (C=O) groups excluding carboxylic acids is 1. The molecule has 1 aliphatic rings. The van der Waals surface area contributed by atoms with Gasteiger partial charge in [-0.3, -0.25) is 4.79 Å². The van der Waals surface area contributed by atoms with Crippen LogP contribution in [0.1, 0.15) is 49.0 Å². The lowest BCUT2D eigenvalue weighted by Gasteiger charge is -2.18. The SMILES string of the molecule is C[C@H]1Cc2ccccc2[C@@H]1NC(=O)CCCCc1cn[nH]n1. The highest BCUT2D eigenvalue weighted by molar-refractivity contribution is 5.76. The second-order valence-electron chi connectivity index (χ2n) is 6.09. The van der Waals surface area contributed by atoms with Crippen LogP contribution in [0.15, 0.2) is 30.5 Å². The number of fused-ring (bicyclic) bond motifs is 1. The van der Waals surface area contributed by atoms with Crippen LogP contribution < -0.4 is 5.32 Å². The predicted molar refractivity (Wildman–Crippen MR) is 84.1 cm³/mol. The molecule has 22 heavy (non-hydrogen) atoms. The normalized spacial score (nSPS) is 19.9. The number of hydrogen-bond donors (Lipinski definition) is 2. The first-order valence-electron chi connectivity index (χ1n) is 7.96. The van der Waals surface area contributed by atoms with Crippen LogP contribution in [0.3, 0.4) is 0 Å². The van der Waals surface area contributed by atoms with Crippen molar-refractivity contribution in [1.82, 2.24) is 20.7 Å². The van der Waals surface area contributed by atoms with Gasteiger partial charge in [0.25, 0.3) is 0 Å². The van der Waals surface area contributed by atoms with Gasteiger partial charge in [-0.1, -0.05) is 31.2 Å². The maximum atomic E-state index is 12.2. The van der Waals surface area contributed by atoms with Crippen molar-refractivity contribution < 1.29 is 4.79 Å². The number of amides is 1. The maximum absolute atomic E-state index is 12.2. The molecular weight excluding hydrogens is 276 g/mol. The first-order chi connectivity index (χ1) is 10.7. The number of benzene rings is 1. The highest BCUT2D eigenvalue weighted by Crippen LogP contribution is 2.35. The molecule has 2 atom stereocenters. The van der Waals surface area contributed by atoms with Crippen LogP contribution in [0, 0.1) is 5.92 Å². The van der Waals surface area contributed by atoms with Crippen molar-refractivity contribution in [3.63, 3.8) is 0 Å². The van der Waals surface area contributed by atoms with Crippen molar-refractivity contribution in [2.75, 3.05) is 0 Å². The van der Waals surface area contributed by atoms with Crippen LogP contribution in [0.25, 0.3) is 0 Å². The van der Waals surface area contributed by atoms with E-state index in [4.69, 9.17) is 0 Å². The number of nitrogens with one attached hydrogen (secondary N) is 2. The molecule has 0 saturated carbocycles. The molecule has 1 aromatic heterocycles. The van der Waals surface area contributed by atoms with Gasteiger partial charge in [0.2, 0.25) is 5.91 Å². The van der Waals surface area contributed by atoms with Crippen molar-refractivity contribution in [2.24, 2.45) is 5.92 Å². The largest absolute Gasteiger partial charge is 0.349 e. The molecule has 5 heteroatoms. The Hall–Kier alpha value is -2.17. The highest BCUT2D eigenvalue weighted by Gasteiger charge is 2.29. The van der Waals surface area contributed by atoms with E-state index in [9.17, 15) is 4.79 Å². The van der Waals surface area contributed by atoms with Crippen molar-refractivity contribution in [3.8, 4) is 0 Å². The average Bonchev–Trinajstić information content (AvgIpc) is 3.13. The van der Waals surface area contributed by atoms with Crippen LogP contribution in [0.2, 0.25) is 0 Å². The number of aromatic nitrogens is 3. The number of aromatic amines is 1. The lowest BCUT2D eigenvalue weighted by molar-refractivity contribution is -0.122. The molecule has 0 saturated heterocycles. The molecule has 0 radical (unpaired) electrons. The van der Waals surface area contributed by atoms with E-state index >= 15 is 0 Å². The summed E-state index contributed by atoms with van der Waals surface area (Å²) < 4.78 is 0. The minimum atomic E-state index is 0.147. The Morgan fingerprint density at radius 3 is 3.05 bits per heavy atom. The number of rotatable bonds is 6. The smallest absolute Gasteiger partial charge is 0.220 e. The van der Waals surface area contributed by atoms with Crippen molar-refractivity contribution in [3.05, 3.63) is 47.3 Å². The topological polar surface area (TPSA) is 70.7 Å². The number of carbonyl (C=O) groups is 1. The molecule has 5 nitrogen and oxygen atoms in total. The summed E-state index contributed by atoms with van der Waals surface area (Å²) in [5.41, 5.74) is 3.61. The van der Waals surface area contributed by atoms with E-state index in [-0.39, 0.29) is 11.9 Å². The van der Waals surface area contributed by atoms with Gasteiger partial charge in [-0.05, 0) is 42.7 Å². The zero-order valence-electron chi connectivity index (χ0n) is 12.9. The monoisotopic (exact) mass is 298 g/mol. The molecule has 1 aromatic carbocycles. The molecule has 0 unspecified atom stereocenters. The van der Waals surface area contributed by atoms with Crippen LogP contribution >= 0.6 is 0 Å². The van der Waals surface area contributed by atoms with Crippen LogP contribution in [0.5, 0.6) is 0 Å².